The lowest BCUT2D eigenvalue weighted by Crippen LogP contribution is -2.03. The van der Waals surface area contributed by atoms with Crippen molar-refractivity contribution >= 4 is 5.57 Å². The van der Waals surface area contributed by atoms with Crippen LogP contribution in [0.1, 0.15) is 119 Å². The van der Waals surface area contributed by atoms with Gasteiger partial charge in [-0.15, -0.1) is 0 Å². The standard InChI is InChI=1S/C49H54/c1-32(2)42-17-9-13-21-46(42)38-26-36(27-39(30-38)47-22-14-10-18-43(47)33(3)4)25-37-28-40(48-23-15-11-19-44(48)34(5)6)31-41(29-37)49-24-16-12-20-45(49)35(7)8/h9-11,13-15,17-24,26-35H,12,16,25H2,1-8H3. The lowest BCUT2D eigenvalue weighted by atomic mass is 9.82. The number of hydrogen-bond acceptors (Lipinski definition) is 0. The third kappa shape index (κ3) is 7.60. The summed E-state index contributed by atoms with van der Waals surface area (Å²) in [5.74, 6) is 1.82. The molecule has 0 aromatic heterocycles. The third-order valence-corrected chi connectivity index (χ3v) is 10.2. The average molecular weight is 643 g/mol. The van der Waals surface area contributed by atoms with Crippen LogP contribution in [0.4, 0.5) is 0 Å². The maximum absolute atomic E-state index is 2.48. The number of rotatable bonds is 10. The van der Waals surface area contributed by atoms with Gasteiger partial charge in [0.05, 0.1) is 0 Å². The lowest BCUT2D eigenvalue weighted by Gasteiger charge is -2.22. The van der Waals surface area contributed by atoms with Crippen LogP contribution < -0.4 is 0 Å². The molecular formula is C49H54. The summed E-state index contributed by atoms with van der Waals surface area (Å²) in [5, 5.41) is 0. The van der Waals surface area contributed by atoms with Crippen LogP contribution >= 0.6 is 0 Å². The van der Waals surface area contributed by atoms with Crippen molar-refractivity contribution in [2.75, 3.05) is 0 Å². The van der Waals surface area contributed by atoms with Crippen molar-refractivity contribution in [3.05, 3.63) is 160 Å². The first-order valence-corrected chi connectivity index (χ1v) is 18.6. The maximum Gasteiger partial charge on any atom is -0.00249 e. The molecule has 0 radical (unpaired) electrons. The van der Waals surface area contributed by atoms with Gasteiger partial charge in [0, 0.05) is 0 Å². The van der Waals surface area contributed by atoms with Gasteiger partial charge in [-0.1, -0.05) is 165 Å². The van der Waals surface area contributed by atoms with E-state index in [2.05, 4.69) is 177 Å². The zero-order valence-corrected chi connectivity index (χ0v) is 31.0. The van der Waals surface area contributed by atoms with E-state index in [9.17, 15) is 0 Å². The van der Waals surface area contributed by atoms with Crippen LogP contribution in [0.2, 0.25) is 0 Å². The Bertz CT molecular complexity index is 1920. The zero-order chi connectivity index (χ0) is 34.7. The second-order valence-corrected chi connectivity index (χ2v) is 15.2. The molecular weight excluding hydrogens is 589 g/mol. The highest BCUT2D eigenvalue weighted by molar-refractivity contribution is 5.84. The molecule has 0 saturated heterocycles. The minimum Gasteiger partial charge on any atom is -0.0801 e. The maximum atomic E-state index is 2.48. The molecule has 0 N–H and O–H groups in total. The third-order valence-electron chi connectivity index (χ3n) is 10.2. The molecule has 0 heterocycles. The molecule has 0 amide bonds. The van der Waals surface area contributed by atoms with Crippen molar-refractivity contribution in [3.63, 3.8) is 0 Å². The molecule has 5 aromatic carbocycles. The second-order valence-electron chi connectivity index (χ2n) is 15.2. The van der Waals surface area contributed by atoms with E-state index in [1.807, 2.05) is 0 Å². The van der Waals surface area contributed by atoms with Gasteiger partial charge in [-0.2, -0.15) is 0 Å². The molecule has 0 bridgehead atoms. The quantitative estimate of drug-likeness (QED) is 0.142. The molecule has 0 aliphatic heterocycles. The Hall–Kier alpha value is -4.42. The van der Waals surface area contributed by atoms with Gasteiger partial charge in [0.2, 0.25) is 0 Å². The highest BCUT2D eigenvalue weighted by atomic mass is 14.2. The molecule has 0 atom stereocenters. The van der Waals surface area contributed by atoms with Gasteiger partial charge in [-0.3, -0.25) is 0 Å². The normalized spacial score (nSPS) is 13.4. The van der Waals surface area contributed by atoms with Gasteiger partial charge in [-0.05, 0) is 133 Å². The summed E-state index contributed by atoms with van der Waals surface area (Å²) in [6.45, 7) is 18.5. The summed E-state index contributed by atoms with van der Waals surface area (Å²) in [7, 11) is 0. The minimum absolute atomic E-state index is 0.443. The van der Waals surface area contributed by atoms with Crippen LogP contribution in [0.15, 0.2) is 127 Å². The monoisotopic (exact) mass is 642 g/mol. The number of hydrogen-bond donors (Lipinski definition) is 0. The van der Waals surface area contributed by atoms with Gasteiger partial charge >= 0.3 is 0 Å². The Morgan fingerprint density at radius 3 is 1.18 bits per heavy atom. The van der Waals surface area contributed by atoms with E-state index in [1.54, 1.807) is 0 Å². The van der Waals surface area contributed by atoms with Crippen molar-refractivity contribution in [1.82, 2.24) is 0 Å². The van der Waals surface area contributed by atoms with Gasteiger partial charge in [0.15, 0.2) is 0 Å². The van der Waals surface area contributed by atoms with Crippen molar-refractivity contribution in [2.45, 2.75) is 92.4 Å². The van der Waals surface area contributed by atoms with Gasteiger partial charge < -0.3 is 0 Å². The zero-order valence-electron chi connectivity index (χ0n) is 31.0. The first-order chi connectivity index (χ1) is 23.6. The van der Waals surface area contributed by atoms with Crippen LogP contribution in [-0.4, -0.2) is 0 Å². The molecule has 0 unspecified atom stereocenters. The highest BCUT2D eigenvalue weighted by Crippen LogP contribution is 2.40. The SMILES string of the molecule is CC(C)C1=CCCC=C1c1cc(Cc2cc(-c3ccccc3C(C)C)cc(-c3ccccc3C(C)C)c2)cc(-c2ccccc2C(C)C)c1. The average Bonchev–Trinajstić information content (AvgIpc) is 3.11. The number of benzene rings is 5. The van der Waals surface area contributed by atoms with E-state index in [1.165, 1.54) is 77.9 Å². The smallest absolute Gasteiger partial charge is 0.00249 e. The Balaban J connectivity index is 1.55. The van der Waals surface area contributed by atoms with Crippen molar-refractivity contribution < 1.29 is 0 Å². The topological polar surface area (TPSA) is 0 Å². The summed E-state index contributed by atoms with van der Waals surface area (Å²) in [6, 6.07) is 41.7. The lowest BCUT2D eigenvalue weighted by molar-refractivity contribution is 0.780. The Morgan fingerprint density at radius 2 is 0.776 bits per heavy atom. The predicted octanol–water partition coefficient (Wildman–Crippen LogP) is 14.4. The minimum atomic E-state index is 0.443. The molecule has 49 heavy (non-hydrogen) atoms. The van der Waals surface area contributed by atoms with E-state index >= 15 is 0 Å². The molecule has 1 aliphatic rings. The second kappa shape index (κ2) is 15.0. The van der Waals surface area contributed by atoms with Crippen molar-refractivity contribution in [1.29, 1.82) is 0 Å². The molecule has 0 nitrogen and oxygen atoms in total. The van der Waals surface area contributed by atoms with E-state index in [0.717, 1.165) is 19.3 Å². The molecule has 6 rings (SSSR count). The fourth-order valence-electron chi connectivity index (χ4n) is 7.76. The van der Waals surface area contributed by atoms with Gasteiger partial charge in [0.25, 0.3) is 0 Å². The summed E-state index contributed by atoms with van der Waals surface area (Å²) in [4.78, 5) is 0. The Labute approximate surface area is 296 Å². The summed E-state index contributed by atoms with van der Waals surface area (Å²) in [6.07, 6.45) is 8.06. The molecule has 0 spiro atoms. The molecule has 1 aliphatic carbocycles. The fraction of sp³-hybridized carbons (Fsp3) is 0.306. The molecule has 5 aromatic rings. The van der Waals surface area contributed by atoms with E-state index in [-0.39, 0.29) is 0 Å². The van der Waals surface area contributed by atoms with Crippen molar-refractivity contribution in [2.24, 2.45) is 5.92 Å². The first-order valence-electron chi connectivity index (χ1n) is 18.6. The Morgan fingerprint density at radius 1 is 0.408 bits per heavy atom. The van der Waals surface area contributed by atoms with E-state index < -0.39 is 0 Å². The largest absolute Gasteiger partial charge is 0.0801 e. The van der Waals surface area contributed by atoms with Crippen LogP contribution in [0.3, 0.4) is 0 Å². The highest BCUT2D eigenvalue weighted by Gasteiger charge is 2.19. The van der Waals surface area contributed by atoms with Gasteiger partial charge in [-0.25, -0.2) is 0 Å². The summed E-state index contributed by atoms with van der Waals surface area (Å²) >= 11 is 0. The summed E-state index contributed by atoms with van der Waals surface area (Å²) in [5.41, 5.74) is 19.1. The van der Waals surface area contributed by atoms with Crippen LogP contribution in [0.25, 0.3) is 39.0 Å². The van der Waals surface area contributed by atoms with Crippen LogP contribution in [0, 0.1) is 5.92 Å². The van der Waals surface area contributed by atoms with Crippen LogP contribution in [0.5, 0.6) is 0 Å². The number of allylic oxidation sites excluding steroid dienone is 4. The molecule has 250 valence electrons. The first kappa shape index (κ1) is 34.4. The fourth-order valence-corrected chi connectivity index (χ4v) is 7.76. The van der Waals surface area contributed by atoms with Gasteiger partial charge in [0.1, 0.15) is 0 Å². The molecule has 0 heteroatoms. The Kier molecular flexibility index (Phi) is 10.5. The molecule has 0 saturated carbocycles. The van der Waals surface area contributed by atoms with Crippen molar-refractivity contribution in [3.8, 4) is 33.4 Å². The van der Waals surface area contributed by atoms with E-state index in [0.29, 0.717) is 23.7 Å². The van der Waals surface area contributed by atoms with E-state index in [4.69, 9.17) is 0 Å². The van der Waals surface area contributed by atoms with Crippen LogP contribution in [-0.2, 0) is 6.42 Å². The molecule has 0 fully saturated rings. The summed E-state index contributed by atoms with van der Waals surface area (Å²) < 4.78 is 0. The predicted molar refractivity (Wildman–Crippen MR) is 214 cm³/mol.